The van der Waals surface area contributed by atoms with E-state index in [0.717, 1.165) is 24.8 Å². The van der Waals surface area contributed by atoms with E-state index in [2.05, 4.69) is 55.0 Å². The molecule has 0 unspecified atom stereocenters. The van der Waals surface area contributed by atoms with Crippen LogP contribution >= 0.6 is 0 Å². The molecule has 31 heavy (non-hydrogen) atoms. The predicted octanol–water partition coefficient (Wildman–Crippen LogP) is 3.39. The zero-order valence-electron chi connectivity index (χ0n) is 17.5. The number of anilines is 3. The molecule has 0 bridgehead atoms. The van der Waals surface area contributed by atoms with Crippen LogP contribution in [0.1, 0.15) is 48.1 Å². The third kappa shape index (κ3) is 5.28. The average Bonchev–Trinajstić information content (AvgIpc) is 2.80. The van der Waals surface area contributed by atoms with E-state index in [0.29, 0.717) is 11.3 Å². The van der Waals surface area contributed by atoms with Gasteiger partial charge in [0.15, 0.2) is 0 Å². The second-order valence-electron chi connectivity index (χ2n) is 7.72. The first-order chi connectivity index (χ1) is 15.1. The summed E-state index contributed by atoms with van der Waals surface area (Å²) in [5.41, 5.74) is 3.21. The molecule has 8 heteroatoms. The van der Waals surface area contributed by atoms with Crippen LogP contribution < -0.4 is 21.1 Å². The van der Waals surface area contributed by atoms with Gasteiger partial charge in [-0.15, -0.1) is 10.2 Å². The van der Waals surface area contributed by atoms with Gasteiger partial charge in [-0.2, -0.15) is 0 Å². The van der Waals surface area contributed by atoms with E-state index in [-0.39, 0.29) is 23.5 Å². The Bertz CT molecular complexity index is 1070. The number of hydrogen-bond acceptors (Lipinski definition) is 6. The van der Waals surface area contributed by atoms with Crippen molar-refractivity contribution in [1.29, 1.82) is 0 Å². The number of piperidine rings is 1. The molecule has 1 saturated heterocycles. The largest absolute Gasteiger partial charge is 0.372 e. The number of nitrogens with one attached hydrogen (secondary N) is 3. The number of amides is 1. The molecule has 1 aliphatic rings. The number of nitrogens with zero attached hydrogens (tertiary/aromatic N) is 3. The second kappa shape index (κ2) is 9.42. The van der Waals surface area contributed by atoms with E-state index in [9.17, 15) is 9.59 Å². The van der Waals surface area contributed by atoms with Crippen LogP contribution in [0.2, 0.25) is 0 Å². The van der Waals surface area contributed by atoms with Gasteiger partial charge in [0.25, 0.3) is 11.5 Å². The third-order valence-corrected chi connectivity index (χ3v) is 5.45. The maximum atomic E-state index is 12.6. The van der Waals surface area contributed by atoms with E-state index in [1.54, 1.807) is 24.3 Å². The van der Waals surface area contributed by atoms with Crippen molar-refractivity contribution in [2.75, 3.05) is 23.3 Å². The summed E-state index contributed by atoms with van der Waals surface area (Å²) in [7, 11) is 0. The Kier molecular flexibility index (Phi) is 6.26. The first-order valence-corrected chi connectivity index (χ1v) is 10.5. The van der Waals surface area contributed by atoms with Crippen molar-refractivity contribution in [2.24, 2.45) is 0 Å². The lowest BCUT2D eigenvalue weighted by Crippen LogP contribution is -2.29. The normalized spacial score (nSPS) is 14.7. The van der Waals surface area contributed by atoms with Crippen LogP contribution in [-0.4, -0.2) is 34.2 Å². The minimum atomic E-state index is -0.341. The lowest BCUT2D eigenvalue weighted by Gasteiger charge is -2.29. The molecular formula is C23H26N6O2. The third-order valence-electron chi connectivity index (χ3n) is 5.45. The van der Waals surface area contributed by atoms with Gasteiger partial charge in [-0.3, -0.25) is 14.6 Å². The molecule has 1 fully saturated rings. The van der Waals surface area contributed by atoms with Crippen LogP contribution in [0.25, 0.3) is 0 Å². The van der Waals surface area contributed by atoms with E-state index in [4.69, 9.17) is 0 Å². The first-order valence-electron chi connectivity index (χ1n) is 10.5. The maximum Gasteiger partial charge on any atom is 0.271 e. The summed E-state index contributed by atoms with van der Waals surface area (Å²) < 4.78 is 0. The Hall–Kier alpha value is -3.68. The Balaban J connectivity index is 1.35. The van der Waals surface area contributed by atoms with Crippen molar-refractivity contribution in [3.05, 3.63) is 76.2 Å². The second-order valence-corrected chi connectivity index (χ2v) is 7.72. The standard InChI is InChI=1S/C23H26N6O2/c1-16(17-7-11-20(12-8-17)29-13-3-2-4-14-29)25-22(31)18-5-9-19(10-6-18)26-23-27-21(30)15-24-28-23/h5-12,15-16H,2-4,13-14H2,1H3,(H,25,31)(H2,26,27,28,30)/t16-/m1/s1. The SMILES string of the molecule is C[C@@H](NC(=O)c1ccc(Nc2nncc(=O)[nH]2)cc1)c1ccc(N2CCCCC2)cc1. The maximum absolute atomic E-state index is 12.6. The zero-order chi connectivity index (χ0) is 21.6. The van der Waals surface area contributed by atoms with Gasteiger partial charge in [0.1, 0.15) is 6.20 Å². The smallest absolute Gasteiger partial charge is 0.271 e. The minimum Gasteiger partial charge on any atom is -0.372 e. The van der Waals surface area contributed by atoms with E-state index in [1.165, 1.54) is 24.9 Å². The quantitative estimate of drug-likeness (QED) is 0.567. The first kappa shape index (κ1) is 20.6. The minimum absolute atomic E-state index is 0.106. The highest BCUT2D eigenvalue weighted by Gasteiger charge is 2.14. The summed E-state index contributed by atoms with van der Waals surface area (Å²) in [4.78, 5) is 28.9. The molecule has 0 radical (unpaired) electrons. The topological polar surface area (TPSA) is 103 Å². The van der Waals surface area contributed by atoms with Crippen molar-refractivity contribution in [2.45, 2.75) is 32.2 Å². The molecule has 1 amide bonds. The monoisotopic (exact) mass is 418 g/mol. The van der Waals surface area contributed by atoms with Crippen LogP contribution in [0.3, 0.4) is 0 Å². The molecular weight excluding hydrogens is 392 g/mol. The van der Waals surface area contributed by atoms with Gasteiger partial charge in [-0.25, -0.2) is 0 Å². The van der Waals surface area contributed by atoms with Crippen molar-refractivity contribution >= 4 is 23.2 Å². The number of carbonyl (C=O) groups is 1. The van der Waals surface area contributed by atoms with Crippen molar-refractivity contribution < 1.29 is 4.79 Å². The summed E-state index contributed by atoms with van der Waals surface area (Å²) in [6, 6.07) is 15.3. The summed E-state index contributed by atoms with van der Waals surface area (Å²) in [5.74, 6) is 0.0957. The van der Waals surface area contributed by atoms with E-state index in [1.807, 2.05) is 6.92 Å². The van der Waals surface area contributed by atoms with Gasteiger partial charge in [0, 0.05) is 30.0 Å². The van der Waals surface area contributed by atoms with E-state index < -0.39 is 0 Å². The van der Waals surface area contributed by atoms with Gasteiger partial charge in [0.05, 0.1) is 6.04 Å². The molecule has 4 rings (SSSR count). The van der Waals surface area contributed by atoms with Crippen LogP contribution in [0.15, 0.2) is 59.5 Å². The lowest BCUT2D eigenvalue weighted by atomic mass is 10.1. The zero-order valence-corrected chi connectivity index (χ0v) is 17.5. The fraction of sp³-hybridized carbons (Fsp3) is 0.304. The highest BCUT2D eigenvalue weighted by molar-refractivity contribution is 5.94. The molecule has 1 aromatic heterocycles. The highest BCUT2D eigenvalue weighted by atomic mass is 16.1. The van der Waals surface area contributed by atoms with Crippen molar-refractivity contribution in [3.8, 4) is 0 Å². The number of H-pyrrole nitrogens is 1. The van der Waals surface area contributed by atoms with E-state index >= 15 is 0 Å². The number of aromatic amines is 1. The van der Waals surface area contributed by atoms with Crippen molar-refractivity contribution in [1.82, 2.24) is 20.5 Å². The molecule has 1 atom stereocenters. The lowest BCUT2D eigenvalue weighted by molar-refractivity contribution is 0.0940. The number of aromatic nitrogens is 3. The van der Waals surface area contributed by atoms with Gasteiger partial charge >= 0.3 is 0 Å². The molecule has 2 heterocycles. The Morgan fingerprint density at radius 1 is 1.03 bits per heavy atom. The summed E-state index contributed by atoms with van der Waals surface area (Å²) >= 11 is 0. The van der Waals surface area contributed by atoms with Crippen LogP contribution in [0.5, 0.6) is 0 Å². The van der Waals surface area contributed by atoms with Crippen LogP contribution in [0, 0.1) is 0 Å². The number of benzene rings is 2. The molecule has 8 nitrogen and oxygen atoms in total. The van der Waals surface area contributed by atoms with Crippen molar-refractivity contribution in [3.63, 3.8) is 0 Å². The van der Waals surface area contributed by atoms with Gasteiger partial charge in [-0.05, 0) is 68.1 Å². The van der Waals surface area contributed by atoms with Gasteiger partial charge < -0.3 is 15.5 Å². The average molecular weight is 419 g/mol. The predicted molar refractivity (Wildman–Crippen MR) is 121 cm³/mol. The molecule has 3 N–H and O–H groups in total. The molecule has 0 spiro atoms. The molecule has 0 aliphatic carbocycles. The molecule has 1 aliphatic heterocycles. The number of carbonyl (C=O) groups excluding carboxylic acids is 1. The van der Waals surface area contributed by atoms with Crippen LogP contribution in [0.4, 0.5) is 17.3 Å². The number of hydrogen-bond donors (Lipinski definition) is 3. The highest BCUT2D eigenvalue weighted by Crippen LogP contribution is 2.23. The molecule has 0 saturated carbocycles. The Labute approximate surface area is 180 Å². The summed E-state index contributed by atoms with van der Waals surface area (Å²) in [6.45, 7) is 4.21. The Morgan fingerprint density at radius 3 is 2.42 bits per heavy atom. The summed E-state index contributed by atoms with van der Waals surface area (Å²) in [6.07, 6.45) is 4.91. The molecule has 2 aromatic carbocycles. The fourth-order valence-corrected chi connectivity index (χ4v) is 3.70. The molecule has 160 valence electrons. The number of rotatable bonds is 6. The van der Waals surface area contributed by atoms with Crippen LogP contribution in [-0.2, 0) is 0 Å². The summed E-state index contributed by atoms with van der Waals surface area (Å²) in [5, 5.41) is 13.4. The fourth-order valence-electron chi connectivity index (χ4n) is 3.70. The van der Waals surface area contributed by atoms with Gasteiger partial charge in [0.2, 0.25) is 5.95 Å². The molecule has 3 aromatic rings. The van der Waals surface area contributed by atoms with Gasteiger partial charge in [-0.1, -0.05) is 12.1 Å². The Morgan fingerprint density at radius 2 is 1.74 bits per heavy atom.